The Morgan fingerprint density at radius 1 is 1.10 bits per heavy atom. The highest BCUT2D eigenvalue weighted by molar-refractivity contribution is 7.92. The molecule has 0 amide bonds. The first-order valence-electron chi connectivity index (χ1n) is 9.29. The predicted molar refractivity (Wildman–Crippen MR) is 108 cm³/mol. The summed E-state index contributed by atoms with van der Waals surface area (Å²) in [6.07, 6.45) is 1.78. The van der Waals surface area contributed by atoms with Gasteiger partial charge in [0.1, 0.15) is 5.75 Å². The molecule has 1 fully saturated rings. The van der Waals surface area contributed by atoms with Gasteiger partial charge in [-0.15, -0.1) is 0 Å². The number of nitrogens with zero attached hydrogens (tertiary/aromatic N) is 1. The highest BCUT2D eigenvalue weighted by atomic mass is 32.2. The van der Waals surface area contributed by atoms with Gasteiger partial charge in [-0.05, 0) is 61.7 Å². The molecule has 0 radical (unpaired) electrons. The molecule has 0 bridgehead atoms. The van der Waals surface area contributed by atoms with E-state index < -0.39 is 22.1 Å². The van der Waals surface area contributed by atoms with Crippen molar-refractivity contribution in [2.45, 2.75) is 36.7 Å². The maximum atomic E-state index is 13.0. The number of methoxy groups -OCH3 is 1. The topological polar surface area (TPSA) is 90.0 Å². The second-order valence-corrected chi connectivity index (χ2v) is 8.77. The summed E-state index contributed by atoms with van der Waals surface area (Å²) in [7, 11) is -0.932. The average molecular weight is 417 g/mol. The molecule has 2 aromatic rings. The summed E-state index contributed by atoms with van der Waals surface area (Å²) in [4.78, 5) is 24.3. The first-order chi connectivity index (χ1) is 13.8. The molecule has 8 heteroatoms. The van der Waals surface area contributed by atoms with E-state index in [2.05, 4.69) is 0 Å². The molecule has 1 saturated carbocycles. The summed E-state index contributed by atoms with van der Waals surface area (Å²) in [5, 5.41) is 0. The molecule has 3 rings (SSSR count). The molecule has 2 aromatic carbocycles. The van der Waals surface area contributed by atoms with Gasteiger partial charge in [-0.3, -0.25) is 9.10 Å². The maximum Gasteiger partial charge on any atom is 0.338 e. The third-order valence-corrected chi connectivity index (χ3v) is 6.69. The number of rotatable bonds is 6. The van der Waals surface area contributed by atoms with Crippen LogP contribution in [-0.2, 0) is 19.6 Å². The van der Waals surface area contributed by atoms with Crippen LogP contribution in [0.4, 0.5) is 5.69 Å². The summed E-state index contributed by atoms with van der Waals surface area (Å²) in [6.45, 7) is 0. The van der Waals surface area contributed by atoms with Crippen LogP contribution in [0.2, 0.25) is 0 Å². The molecule has 1 atom stereocenters. The second-order valence-electron chi connectivity index (χ2n) is 6.80. The lowest BCUT2D eigenvalue weighted by Crippen LogP contribution is -2.30. The molecule has 154 valence electrons. The van der Waals surface area contributed by atoms with Crippen molar-refractivity contribution in [2.24, 2.45) is 0 Å². The molecule has 0 aromatic heterocycles. The second kappa shape index (κ2) is 8.65. The summed E-state index contributed by atoms with van der Waals surface area (Å²) in [5.41, 5.74) is 0.541. The number of sulfonamides is 1. The number of hydrogen-bond acceptors (Lipinski definition) is 6. The van der Waals surface area contributed by atoms with E-state index in [1.807, 2.05) is 0 Å². The quantitative estimate of drug-likeness (QED) is 0.671. The third-order valence-electron chi connectivity index (χ3n) is 4.91. The molecule has 29 heavy (non-hydrogen) atoms. The number of ketones is 1. The van der Waals surface area contributed by atoms with Gasteiger partial charge in [0.25, 0.3) is 10.0 Å². The van der Waals surface area contributed by atoms with Gasteiger partial charge in [-0.2, -0.15) is 0 Å². The van der Waals surface area contributed by atoms with Crippen LogP contribution in [0, 0.1) is 0 Å². The lowest BCUT2D eigenvalue weighted by molar-refractivity contribution is -0.129. The van der Waals surface area contributed by atoms with Crippen LogP contribution in [0.1, 0.15) is 36.0 Å². The van der Waals surface area contributed by atoms with Gasteiger partial charge >= 0.3 is 5.97 Å². The molecule has 1 aliphatic carbocycles. The van der Waals surface area contributed by atoms with Gasteiger partial charge in [0, 0.05) is 13.5 Å². The van der Waals surface area contributed by atoms with Crippen molar-refractivity contribution >= 4 is 27.5 Å². The Bertz CT molecular complexity index is 1000. The van der Waals surface area contributed by atoms with Crippen LogP contribution < -0.4 is 9.04 Å². The SMILES string of the molecule is COc1ccc(N(C)S(=O)(=O)c2cccc(C(=O)O[C@@H]3CCCCC3=O)c2)cc1. The minimum Gasteiger partial charge on any atom is -0.497 e. The van der Waals surface area contributed by atoms with Gasteiger partial charge in [0.05, 0.1) is 23.3 Å². The Morgan fingerprint density at radius 2 is 1.83 bits per heavy atom. The first-order valence-corrected chi connectivity index (χ1v) is 10.7. The van der Waals surface area contributed by atoms with Crippen LogP contribution in [0.5, 0.6) is 5.75 Å². The fourth-order valence-corrected chi connectivity index (χ4v) is 4.39. The number of ether oxygens (including phenoxy) is 2. The Kier molecular flexibility index (Phi) is 6.22. The van der Waals surface area contributed by atoms with Gasteiger partial charge in [0.2, 0.25) is 0 Å². The Labute approximate surface area is 170 Å². The van der Waals surface area contributed by atoms with E-state index in [0.29, 0.717) is 24.3 Å². The zero-order valence-corrected chi connectivity index (χ0v) is 17.1. The number of Topliss-reactive ketones (excluding diaryl/α,β-unsaturated/α-hetero) is 1. The van der Waals surface area contributed by atoms with Crippen LogP contribution >= 0.6 is 0 Å². The molecule has 0 saturated heterocycles. The fraction of sp³-hybridized carbons (Fsp3) is 0.333. The molecule has 0 N–H and O–H groups in total. The predicted octanol–water partition coefficient (Wildman–Crippen LogP) is 3.19. The molecular weight excluding hydrogens is 394 g/mol. The Balaban J connectivity index is 1.81. The van der Waals surface area contributed by atoms with Gasteiger partial charge in [-0.1, -0.05) is 6.07 Å². The Morgan fingerprint density at radius 3 is 2.48 bits per heavy atom. The fourth-order valence-electron chi connectivity index (χ4n) is 3.15. The first kappa shape index (κ1) is 20.9. The van der Waals surface area contributed by atoms with Crippen molar-refractivity contribution in [1.29, 1.82) is 0 Å². The normalized spacial score (nSPS) is 16.9. The number of carbonyl (C=O) groups excluding carboxylic acids is 2. The van der Waals surface area contributed by atoms with Crippen molar-refractivity contribution in [3.8, 4) is 5.75 Å². The molecule has 0 spiro atoms. The minimum absolute atomic E-state index is 0.0414. The number of benzene rings is 2. The lowest BCUT2D eigenvalue weighted by Gasteiger charge is -2.21. The van der Waals surface area contributed by atoms with E-state index in [4.69, 9.17) is 9.47 Å². The van der Waals surface area contributed by atoms with Gasteiger partial charge in [-0.25, -0.2) is 13.2 Å². The molecule has 1 aliphatic rings. The molecular formula is C21H23NO6S. The van der Waals surface area contributed by atoms with E-state index in [1.54, 1.807) is 24.3 Å². The highest BCUT2D eigenvalue weighted by Crippen LogP contribution is 2.25. The van der Waals surface area contributed by atoms with E-state index in [9.17, 15) is 18.0 Å². The Hall–Kier alpha value is -2.87. The number of carbonyl (C=O) groups is 2. The largest absolute Gasteiger partial charge is 0.497 e. The zero-order valence-electron chi connectivity index (χ0n) is 16.3. The van der Waals surface area contributed by atoms with Crippen LogP contribution in [0.3, 0.4) is 0 Å². The standard InChI is InChI=1S/C21H23NO6S/c1-22(16-10-12-17(27-2)13-11-16)29(25,26)18-7-5-6-15(14-18)21(24)28-20-9-4-3-8-19(20)23/h5-7,10-14,20H,3-4,8-9H2,1-2H3/t20-/m1/s1. The zero-order chi connectivity index (χ0) is 21.0. The molecule has 0 heterocycles. The van der Waals surface area contributed by atoms with E-state index in [1.165, 1.54) is 38.4 Å². The van der Waals surface area contributed by atoms with Crippen molar-refractivity contribution < 1.29 is 27.5 Å². The van der Waals surface area contributed by atoms with Crippen LogP contribution in [0.15, 0.2) is 53.4 Å². The summed E-state index contributed by atoms with van der Waals surface area (Å²) < 4.78 is 37.5. The van der Waals surface area contributed by atoms with E-state index in [-0.39, 0.29) is 16.2 Å². The molecule has 0 aliphatic heterocycles. The third kappa shape index (κ3) is 4.59. The smallest absolute Gasteiger partial charge is 0.338 e. The maximum absolute atomic E-state index is 13.0. The summed E-state index contributed by atoms with van der Waals surface area (Å²) in [6, 6.07) is 12.2. The lowest BCUT2D eigenvalue weighted by atomic mass is 9.96. The number of anilines is 1. The van der Waals surface area contributed by atoms with E-state index in [0.717, 1.165) is 17.1 Å². The van der Waals surface area contributed by atoms with Crippen LogP contribution in [0.25, 0.3) is 0 Å². The summed E-state index contributed by atoms with van der Waals surface area (Å²) >= 11 is 0. The van der Waals surface area contributed by atoms with E-state index >= 15 is 0 Å². The minimum atomic E-state index is -3.89. The van der Waals surface area contributed by atoms with Crippen molar-refractivity contribution in [1.82, 2.24) is 0 Å². The highest BCUT2D eigenvalue weighted by Gasteiger charge is 2.27. The molecule has 0 unspecified atom stereocenters. The monoisotopic (exact) mass is 417 g/mol. The number of hydrogen-bond donors (Lipinski definition) is 0. The van der Waals surface area contributed by atoms with Gasteiger partial charge in [0.15, 0.2) is 11.9 Å². The van der Waals surface area contributed by atoms with Crippen molar-refractivity contribution in [2.75, 3.05) is 18.5 Å². The van der Waals surface area contributed by atoms with Crippen molar-refractivity contribution in [3.05, 3.63) is 54.1 Å². The van der Waals surface area contributed by atoms with Gasteiger partial charge < -0.3 is 9.47 Å². The summed E-state index contributed by atoms with van der Waals surface area (Å²) in [5.74, 6) is -0.177. The number of esters is 1. The van der Waals surface area contributed by atoms with Crippen LogP contribution in [-0.4, -0.2) is 40.4 Å². The molecule has 7 nitrogen and oxygen atoms in total. The van der Waals surface area contributed by atoms with Crippen molar-refractivity contribution in [3.63, 3.8) is 0 Å². The average Bonchev–Trinajstić information content (AvgIpc) is 2.75.